The lowest BCUT2D eigenvalue weighted by Gasteiger charge is -2.40. The predicted octanol–water partition coefficient (Wildman–Crippen LogP) is 0.361. The van der Waals surface area contributed by atoms with Crippen LogP contribution >= 0.6 is 0 Å². The molecule has 1 aliphatic heterocycles. The summed E-state index contributed by atoms with van der Waals surface area (Å²) in [7, 11) is 0. The molecule has 1 aliphatic rings. The first kappa shape index (κ1) is 15.4. The van der Waals surface area contributed by atoms with E-state index in [-0.39, 0.29) is 5.91 Å². The quantitative estimate of drug-likeness (QED) is 0.746. The minimum absolute atomic E-state index is 0.0536. The van der Waals surface area contributed by atoms with Crippen molar-refractivity contribution in [1.29, 1.82) is 0 Å². The van der Waals surface area contributed by atoms with E-state index in [9.17, 15) is 9.90 Å². The van der Waals surface area contributed by atoms with E-state index in [1.165, 1.54) is 0 Å². The van der Waals surface area contributed by atoms with E-state index in [1.807, 2.05) is 6.92 Å². The molecule has 0 aromatic rings. The Morgan fingerprint density at radius 3 is 2.39 bits per heavy atom. The largest absolute Gasteiger partial charge is 0.389 e. The maximum atomic E-state index is 12.6. The molecule has 0 aromatic heterocycles. The first-order valence-electron chi connectivity index (χ1n) is 6.64. The zero-order chi connectivity index (χ0) is 13.8. The number of carbonyl (C=O) groups excluding carboxylic acids is 1. The third-order valence-corrected chi connectivity index (χ3v) is 3.54. The molecule has 0 bridgehead atoms. The Morgan fingerprint density at radius 2 is 2.00 bits per heavy atom. The zero-order valence-electron chi connectivity index (χ0n) is 11.7. The van der Waals surface area contributed by atoms with Gasteiger partial charge in [0.15, 0.2) is 0 Å². The van der Waals surface area contributed by atoms with Gasteiger partial charge in [0.25, 0.3) is 0 Å². The lowest BCUT2D eigenvalue weighted by atomic mass is 9.78. The molecule has 0 unspecified atom stereocenters. The highest BCUT2D eigenvalue weighted by Gasteiger charge is 2.41. The number of nitrogens with two attached hydrogens (primary N) is 1. The van der Waals surface area contributed by atoms with Crippen molar-refractivity contribution in [3.63, 3.8) is 0 Å². The summed E-state index contributed by atoms with van der Waals surface area (Å²) in [6.45, 7) is 7.79. The maximum Gasteiger partial charge on any atom is 0.230 e. The van der Waals surface area contributed by atoms with Crippen molar-refractivity contribution < 1.29 is 14.6 Å². The van der Waals surface area contributed by atoms with Crippen LogP contribution in [0.3, 0.4) is 0 Å². The fourth-order valence-corrected chi connectivity index (χ4v) is 2.40. The van der Waals surface area contributed by atoms with E-state index in [1.54, 1.807) is 18.7 Å². The van der Waals surface area contributed by atoms with Crippen molar-refractivity contribution in [3.05, 3.63) is 0 Å². The highest BCUT2D eigenvalue weighted by molar-refractivity contribution is 5.83. The second-order valence-corrected chi connectivity index (χ2v) is 5.73. The van der Waals surface area contributed by atoms with Crippen LogP contribution in [0.15, 0.2) is 0 Å². The molecule has 1 amide bonds. The first-order valence-corrected chi connectivity index (χ1v) is 6.64. The van der Waals surface area contributed by atoms with Gasteiger partial charge >= 0.3 is 0 Å². The molecular weight excluding hydrogens is 232 g/mol. The fourth-order valence-electron chi connectivity index (χ4n) is 2.40. The molecular formula is C13H26N2O3. The van der Waals surface area contributed by atoms with E-state index < -0.39 is 11.0 Å². The summed E-state index contributed by atoms with van der Waals surface area (Å²) in [6.07, 6.45) is 1.34. The normalized spacial score (nSPS) is 19.6. The molecule has 0 atom stereocenters. The topological polar surface area (TPSA) is 75.8 Å². The van der Waals surface area contributed by atoms with E-state index in [0.29, 0.717) is 45.7 Å². The Labute approximate surface area is 109 Å². The third-order valence-electron chi connectivity index (χ3n) is 3.54. The van der Waals surface area contributed by atoms with Gasteiger partial charge in [-0.15, -0.1) is 0 Å². The number of ether oxygens (including phenoxy) is 1. The van der Waals surface area contributed by atoms with Gasteiger partial charge in [-0.25, -0.2) is 0 Å². The predicted molar refractivity (Wildman–Crippen MR) is 70.1 cm³/mol. The third kappa shape index (κ3) is 3.67. The summed E-state index contributed by atoms with van der Waals surface area (Å²) in [5.41, 5.74) is 4.45. The molecule has 1 rings (SSSR count). The monoisotopic (exact) mass is 258 g/mol. The number of rotatable bonds is 5. The molecule has 5 nitrogen and oxygen atoms in total. The Bertz CT molecular complexity index is 280. The molecule has 0 aliphatic carbocycles. The number of amides is 1. The van der Waals surface area contributed by atoms with Crippen LogP contribution in [-0.2, 0) is 9.53 Å². The summed E-state index contributed by atoms with van der Waals surface area (Å²) < 4.78 is 5.32. The minimum Gasteiger partial charge on any atom is -0.389 e. The van der Waals surface area contributed by atoms with Crippen LogP contribution in [0.25, 0.3) is 0 Å². The van der Waals surface area contributed by atoms with Gasteiger partial charge in [0.05, 0.1) is 11.0 Å². The van der Waals surface area contributed by atoms with Crippen LogP contribution < -0.4 is 5.73 Å². The minimum atomic E-state index is -0.882. The van der Waals surface area contributed by atoms with Crippen LogP contribution in [0.5, 0.6) is 0 Å². The van der Waals surface area contributed by atoms with E-state index in [4.69, 9.17) is 10.5 Å². The first-order chi connectivity index (χ1) is 8.34. The second-order valence-electron chi connectivity index (χ2n) is 5.73. The number of hydrogen-bond acceptors (Lipinski definition) is 4. The molecule has 106 valence electrons. The molecule has 18 heavy (non-hydrogen) atoms. The fraction of sp³-hybridized carbons (Fsp3) is 0.923. The highest BCUT2D eigenvalue weighted by Crippen LogP contribution is 2.32. The molecule has 0 saturated carbocycles. The number of likely N-dealkylation sites (N-methyl/N-ethyl adjacent to an activating group) is 1. The summed E-state index contributed by atoms with van der Waals surface area (Å²) >= 11 is 0. The summed E-state index contributed by atoms with van der Waals surface area (Å²) in [4.78, 5) is 14.3. The van der Waals surface area contributed by atoms with E-state index >= 15 is 0 Å². The lowest BCUT2D eigenvalue weighted by Crippen LogP contribution is -2.53. The van der Waals surface area contributed by atoms with Gasteiger partial charge in [-0.2, -0.15) is 0 Å². The SMILES string of the molecule is CCN(CC(C)(C)O)C(=O)C1(CN)CCOCC1. The average molecular weight is 258 g/mol. The van der Waals surface area contributed by atoms with E-state index in [0.717, 1.165) is 0 Å². The molecule has 3 N–H and O–H groups in total. The van der Waals surface area contributed by atoms with Gasteiger partial charge < -0.3 is 20.5 Å². The van der Waals surface area contributed by atoms with Gasteiger partial charge in [-0.05, 0) is 33.6 Å². The molecule has 0 aromatic carbocycles. The van der Waals surface area contributed by atoms with Gasteiger partial charge in [-0.1, -0.05) is 0 Å². The number of carbonyl (C=O) groups is 1. The lowest BCUT2D eigenvalue weighted by molar-refractivity contribution is -0.149. The molecule has 1 fully saturated rings. The molecule has 5 heteroatoms. The molecule has 0 radical (unpaired) electrons. The van der Waals surface area contributed by atoms with Crippen molar-refractivity contribution >= 4 is 5.91 Å². The molecule has 1 saturated heterocycles. The second kappa shape index (κ2) is 5.99. The Balaban J connectivity index is 2.80. The Hall–Kier alpha value is -0.650. The van der Waals surface area contributed by atoms with Crippen LogP contribution in [0.4, 0.5) is 0 Å². The Morgan fingerprint density at radius 1 is 1.44 bits per heavy atom. The van der Waals surface area contributed by atoms with Crippen molar-refractivity contribution in [3.8, 4) is 0 Å². The smallest absolute Gasteiger partial charge is 0.230 e. The summed E-state index contributed by atoms with van der Waals surface area (Å²) in [6, 6.07) is 0. The van der Waals surface area contributed by atoms with Crippen LogP contribution in [-0.4, -0.2) is 54.4 Å². The van der Waals surface area contributed by atoms with Gasteiger partial charge in [0, 0.05) is 32.8 Å². The van der Waals surface area contributed by atoms with Crippen molar-refractivity contribution in [1.82, 2.24) is 4.90 Å². The standard InChI is InChI=1S/C13H26N2O3/c1-4-15(10-12(2,3)17)11(16)13(9-14)5-7-18-8-6-13/h17H,4-10,14H2,1-3H3. The van der Waals surface area contributed by atoms with Gasteiger partial charge in [0.1, 0.15) is 0 Å². The number of hydrogen-bond donors (Lipinski definition) is 2. The van der Waals surface area contributed by atoms with E-state index in [2.05, 4.69) is 0 Å². The number of aliphatic hydroxyl groups is 1. The summed E-state index contributed by atoms with van der Waals surface area (Å²) in [5.74, 6) is 0.0536. The Kier molecular flexibility index (Phi) is 5.13. The van der Waals surface area contributed by atoms with Crippen LogP contribution in [0.1, 0.15) is 33.6 Å². The summed E-state index contributed by atoms with van der Waals surface area (Å²) in [5, 5.41) is 9.87. The van der Waals surface area contributed by atoms with Crippen LogP contribution in [0, 0.1) is 5.41 Å². The van der Waals surface area contributed by atoms with Crippen LogP contribution in [0.2, 0.25) is 0 Å². The molecule has 1 heterocycles. The average Bonchev–Trinajstić information content (AvgIpc) is 2.35. The highest BCUT2D eigenvalue weighted by atomic mass is 16.5. The van der Waals surface area contributed by atoms with Gasteiger partial charge in [0.2, 0.25) is 5.91 Å². The van der Waals surface area contributed by atoms with Crippen molar-refractivity contribution in [2.45, 2.75) is 39.2 Å². The molecule has 0 spiro atoms. The number of nitrogens with zero attached hydrogens (tertiary/aromatic N) is 1. The van der Waals surface area contributed by atoms with Crippen molar-refractivity contribution in [2.24, 2.45) is 11.1 Å². The van der Waals surface area contributed by atoms with Crippen molar-refractivity contribution in [2.75, 3.05) is 32.8 Å². The zero-order valence-corrected chi connectivity index (χ0v) is 11.7. The maximum absolute atomic E-state index is 12.6. The van der Waals surface area contributed by atoms with Gasteiger partial charge in [-0.3, -0.25) is 4.79 Å².